The van der Waals surface area contributed by atoms with Gasteiger partial charge >= 0.3 is 0 Å². The highest BCUT2D eigenvalue weighted by molar-refractivity contribution is 5.91. The van der Waals surface area contributed by atoms with Gasteiger partial charge in [0, 0.05) is 26.2 Å². The van der Waals surface area contributed by atoms with Crippen molar-refractivity contribution in [1.29, 1.82) is 0 Å². The average molecular weight is 338 g/mol. The maximum Gasteiger partial charge on any atom is 0.289 e. The van der Waals surface area contributed by atoms with Crippen molar-refractivity contribution in [2.75, 3.05) is 26.2 Å². The van der Waals surface area contributed by atoms with Gasteiger partial charge in [-0.3, -0.25) is 9.59 Å². The molecule has 5 nitrogen and oxygen atoms in total. The van der Waals surface area contributed by atoms with E-state index in [-0.39, 0.29) is 17.7 Å². The summed E-state index contributed by atoms with van der Waals surface area (Å²) in [5, 5.41) is 0. The molecule has 2 heterocycles. The molecule has 0 radical (unpaired) electrons. The lowest BCUT2D eigenvalue weighted by Crippen LogP contribution is -2.51. The summed E-state index contributed by atoms with van der Waals surface area (Å²) < 4.78 is 5.19. The summed E-state index contributed by atoms with van der Waals surface area (Å²) >= 11 is 0. The molecule has 1 saturated heterocycles. The number of carbonyl (C=O) groups excluding carboxylic acids is 2. The van der Waals surface area contributed by atoms with Crippen LogP contribution in [0.25, 0.3) is 0 Å². The van der Waals surface area contributed by atoms with Crippen molar-refractivity contribution in [3.05, 3.63) is 59.5 Å². The molecule has 1 unspecified atom stereocenters. The third-order valence-electron chi connectivity index (χ3n) is 5.28. The van der Waals surface area contributed by atoms with E-state index >= 15 is 0 Å². The molecule has 0 bridgehead atoms. The highest BCUT2D eigenvalue weighted by Crippen LogP contribution is 2.33. The van der Waals surface area contributed by atoms with Crippen LogP contribution in [-0.4, -0.2) is 47.8 Å². The highest BCUT2D eigenvalue weighted by Gasteiger charge is 2.32. The SMILES string of the molecule is O=C(c1ccco1)N1CCN(C(=O)C2CCCc3ccccc32)CC1. The van der Waals surface area contributed by atoms with Crippen LogP contribution >= 0.6 is 0 Å². The van der Waals surface area contributed by atoms with E-state index in [9.17, 15) is 9.59 Å². The molecule has 0 saturated carbocycles. The second-order valence-corrected chi connectivity index (χ2v) is 6.74. The minimum absolute atomic E-state index is 0.0303. The van der Waals surface area contributed by atoms with Crippen LogP contribution in [0.2, 0.25) is 0 Å². The van der Waals surface area contributed by atoms with E-state index < -0.39 is 0 Å². The Kier molecular flexibility index (Phi) is 4.30. The molecular formula is C20H22N2O3. The van der Waals surface area contributed by atoms with Crippen LogP contribution < -0.4 is 0 Å². The number of rotatable bonds is 2. The third kappa shape index (κ3) is 3.06. The summed E-state index contributed by atoms with van der Waals surface area (Å²) in [5.41, 5.74) is 2.49. The predicted octanol–water partition coefficient (Wildman–Crippen LogP) is 2.68. The largest absolute Gasteiger partial charge is 0.459 e. The Bertz CT molecular complexity index is 761. The van der Waals surface area contributed by atoms with Crippen LogP contribution in [0.4, 0.5) is 0 Å². The Morgan fingerprint density at radius 3 is 2.48 bits per heavy atom. The average Bonchev–Trinajstić information content (AvgIpc) is 3.21. The first kappa shape index (κ1) is 15.9. The number of hydrogen-bond donors (Lipinski definition) is 0. The van der Waals surface area contributed by atoms with Gasteiger partial charge in [0.05, 0.1) is 12.2 Å². The van der Waals surface area contributed by atoms with Crippen molar-refractivity contribution in [3.63, 3.8) is 0 Å². The molecule has 2 aromatic rings. The normalized spacial score (nSPS) is 20.2. The molecule has 1 fully saturated rings. The zero-order valence-corrected chi connectivity index (χ0v) is 14.2. The zero-order chi connectivity index (χ0) is 17.2. The van der Waals surface area contributed by atoms with Crippen molar-refractivity contribution in [3.8, 4) is 0 Å². The molecule has 1 aromatic heterocycles. The van der Waals surface area contributed by atoms with Gasteiger partial charge in [-0.05, 0) is 42.5 Å². The molecule has 2 aliphatic rings. The Labute approximate surface area is 147 Å². The van der Waals surface area contributed by atoms with Gasteiger partial charge in [-0.1, -0.05) is 24.3 Å². The van der Waals surface area contributed by atoms with E-state index in [1.165, 1.54) is 17.4 Å². The smallest absolute Gasteiger partial charge is 0.289 e. The van der Waals surface area contributed by atoms with Gasteiger partial charge in [0.2, 0.25) is 5.91 Å². The minimum atomic E-state index is -0.0971. The molecule has 4 rings (SSSR count). The standard InChI is InChI=1S/C20H22N2O3/c23-19(17-8-3-6-15-5-1-2-7-16(15)17)21-10-12-22(13-11-21)20(24)18-9-4-14-25-18/h1-2,4-5,7,9,14,17H,3,6,8,10-13H2. The molecule has 0 spiro atoms. The topological polar surface area (TPSA) is 53.8 Å². The second kappa shape index (κ2) is 6.75. The van der Waals surface area contributed by atoms with Crippen LogP contribution in [0.3, 0.4) is 0 Å². The van der Waals surface area contributed by atoms with Gasteiger partial charge in [0.15, 0.2) is 5.76 Å². The molecule has 2 amide bonds. The summed E-state index contributed by atoms with van der Waals surface area (Å²) in [4.78, 5) is 29.0. The van der Waals surface area contributed by atoms with Gasteiger partial charge in [-0.15, -0.1) is 0 Å². The van der Waals surface area contributed by atoms with Gasteiger partial charge in [0.1, 0.15) is 0 Å². The van der Waals surface area contributed by atoms with Crippen LogP contribution in [0.5, 0.6) is 0 Å². The number of benzene rings is 1. The lowest BCUT2D eigenvalue weighted by Gasteiger charge is -2.37. The van der Waals surface area contributed by atoms with E-state index in [1.807, 2.05) is 17.0 Å². The van der Waals surface area contributed by atoms with Crippen molar-refractivity contribution in [2.24, 2.45) is 0 Å². The fraction of sp³-hybridized carbons (Fsp3) is 0.400. The van der Waals surface area contributed by atoms with E-state index in [0.717, 1.165) is 19.3 Å². The molecule has 1 aliphatic heterocycles. The maximum atomic E-state index is 13.0. The number of carbonyl (C=O) groups is 2. The lowest BCUT2D eigenvalue weighted by molar-refractivity contribution is -0.134. The van der Waals surface area contributed by atoms with Crippen LogP contribution in [0.1, 0.15) is 40.4 Å². The molecule has 130 valence electrons. The molecule has 1 aliphatic carbocycles. The molecule has 1 atom stereocenters. The van der Waals surface area contributed by atoms with Gasteiger partial charge < -0.3 is 14.2 Å². The van der Waals surface area contributed by atoms with Crippen molar-refractivity contribution < 1.29 is 14.0 Å². The highest BCUT2D eigenvalue weighted by atomic mass is 16.3. The summed E-state index contributed by atoms with van der Waals surface area (Å²) in [6.07, 6.45) is 4.55. The molecule has 0 N–H and O–H groups in total. The summed E-state index contributed by atoms with van der Waals surface area (Å²) in [5.74, 6) is 0.440. The first-order chi connectivity index (χ1) is 12.2. The predicted molar refractivity (Wildman–Crippen MR) is 93.3 cm³/mol. The number of aryl methyl sites for hydroxylation is 1. The van der Waals surface area contributed by atoms with E-state index in [0.29, 0.717) is 31.9 Å². The Morgan fingerprint density at radius 1 is 0.960 bits per heavy atom. The number of amides is 2. The second-order valence-electron chi connectivity index (χ2n) is 6.74. The van der Waals surface area contributed by atoms with Gasteiger partial charge in [-0.2, -0.15) is 0 Å². The van der Waals surface area contributed by atoms with Crippen molar-refractivity contribution >= 4 is 11.8 Å². The van der Waals surface area contributed by atoms with E-state index in [4.69, 9.17) is 4.42 Å². The fourth-order valence-electron chi connectivity index (χ4n) is 3.92. The minimum Gasteiger partial charge on any atom is -0.459 e. The van der Waals surface area contributed by atoms with E-state index in [2.05, 4.69) is 12.1 Å². The van der Waals surface area contributed by atoms with Crippen LogP contribution in [-0.2, 0) is 11.2 Å². The number of fused-ring (bicyclic) bond motifs is 1. The van der Waals surface area contributed by atoms with Crippen molar-refractivity contribution in [1.82, 2.24) is 9.80 Å². The number of furan rings is 1. The lowest BCUT2D eigenvalue weighted by atomic mass is 9.82. The fourth-order valence-corrected chi connectivity index (χ4v) is 3.92. The first-order valence-electron chi connectivity index (χ1n) is 8.93. The quantitative estimate of drug-likeness (QED) is 0.846. The number of piperazine rings is 1. The Balaban J connectivity index is 1.41. The summed E-state index contributed by atoms with van der Waals surface area (Å²) in [7, 11) is 0. The summed E-state index contributed by atoms with van der Waals surface area (Å²) in [6, 6.07) is 11.7. The summed E-state index contributed by atoms with van der Waals surface area (Å²) in [6.45, 7) is 2.28. The van der Waals surface area contributed by atoms with Crippen LogP contribution in [0.15, 0.2) is 47.1 Å². The van der Waals surface area contributed by atoms with E-state index in [1.54, 1.807) is 17.0 Å². The van der Waals surface area contributed by atoms with Crippen molar-refractivity contribution in [2.45, 2.75) is 25.2 Å². The molecule has 1 aromatic carbocycles. The monoisotopic (exact) mass is 338 g/mol. The van der Waals surface area contributed by atoms with Gasteiger partial charge in [0.25, 0.3) is 5.91 Å². The molecule has 5 heteroatoms. The van der Waals surface area contributed by atoms with Crippen LogP contribution in [0, 0.1) is 0 Å². The number of nitrogens with zero attached hydrogens (tertiary/aromatic N) is 2. The molecule has 25 heavy (non-hydrogen) atoms. The van der Waals surface area contributed by atoms with Gasteiger partial charge in [-0.25, -0.2) is 0 Å². The Morgan fingerprint density at radius 2 is 1.72 bits per heavy atom. The first-order valence-corrected chi connectivity index (χ1v) is 8.93. The maximum absolute atomic E-state index is 13.0. The number of hydrogen-bond acceptors (Lipinski definition) is 3. The third-order valence-corrected chi connectivity index (χ3v) is 5.28. The Hall–Kier alpha value is -2.56. The molecular weight excluding hydrogens is 316 g/mol. The zero-order valence-electron chi connectivity index (χ0n) is 14.2.